The SMILES string of the molecule is CO[C@@H]1C=C(O[Si](C)(C)C)C[C@H]2C=C(Cl)c3nonc3[C@]21[N+](=O)[O-]. The molecule has 0 N–H and O–H groups in total. The van der Waals surface area contributed by atoms with Crippen molar-refractivity contribution < 1.29 is 18.7 Å². The molecule has 0 spiro atoms. The third-order valence-electron chi connectivity index (χ3n) is 4.19. The third-order valence-corrected chi connectivity index (χ3v) is 5.37. The largest absolute Gasteiger partial charge is 0.547 e. The van der Waals surface area contributed by atoms with Crippen LogP contribution in [0.15, 0.2) is 22.5 Å². The van der Waals surface area contributed by atoms with Gasteiger partial charge in [0, 0.05) is 18.5 Å². The van der Waals surface area contributed by atoms with Crippen molar-refractivity contribution in [2.75, 3.05) is 7.11 Å². The van der Waals surface area contributed by atoms with Gasteiger partial charge in [-0.15, -0.1) is 0 Å². The predicted octanol–water partition coefficient (Wildman–Crippen LogP) is 2.91. The van der Waals surface area contributed by atoms with Gasteiger partial charge in [-0.3, -0.25) is 10.1 Å². The minimum Gasteiger partial charge on any atom is -0.547 e. The van der Waals surface area contributed by atoms with Gasteiger partial charge in [-0.05, 0) is 36.0 Å². The highest BCUT2D eigenvalue weighted by atomic mass is 35.5. The summed E-state index contributed by atoms with van der Waals surface area (Å²) in [4.78, 5) is 11.7. The Morgan fingerprint density at radius 3 is 2.71 bits per heavy atom. The number of fused-ring (bicyclic) bond motifs is 3. The van der Waals surface area contributed by atoms with Crippen molar-refractivity contribution >= 4 is 25.0 Å². The zero-order valence-corrected chi connectivity index (χ0v) is 15.5. The smallest absolute Gasteiger partial charge is 0.305 e. The van der Waals surface area contributed by atoms with Gasteiger partial charge in [0.05, 0.1) is 16.7 Å². The van der Waals surface area contributed by atoms with E-state index in [1.54, 1.807) is 12.2 Å². The molecule has 2 aliphatic carbocycles. The highest BCUT2D eigenvalue weighted by Crippen LogP contribution is 2.51. The molecule has 0 bridgehead atoms. The van der Waals surface area contributed by atoms with Crippen LogP contribution in [0.25, 0.3) is 5.03 Å². The van der Waals surface area contributed by atoms with E-state index in [9.17, 15) is 10.1 Å². The van der Waals surface area contributed by atoms with Gasteiger partial charge in [0.25, 0.3) is 0 Å². The molecule has 1 aromatic rings. The zero-order chi connectivity index (χ0) is 17.7. The first-order valence-electron chi connectivity index (χ1n) is 7.48. The highest BCUT2D eigenvalue weighted by Gasteiger charge is 2.65. The maximum Gasteiger partial charge on any atom is 0.305 e. The van der Waals surface area contributed by atoms with Gasteiger partial charge in [0.2, 0.25) is 8.32 Å². The van der Waals surface area contributed by atoms with E-state index in [-0.39, 0.29) is 21.3 Å². The average Bonchev–Trinajstić information content (AvgIpc) is 2.94. The Bertz CT molecular complexity index is 741. The number of nitrogens with zero attached hydrogens (tertiary/aromatic N) is 3. The number of nitro groups is 1. The third kappa shape index (κ3) is 2.47. The molecule has 3 rings (SSSR count). The number of ether oxygens (including phenoxy) is 1. The Hall–Kier alpha value is -1.71. The Labute approximate surface area is 144 Å². The van der Waals surface area contributed by atoms with Crippen molar-refractivity contribution in [2.45, 2.75) is 37.7 Å². The van der Waals surface area contributed by atoms with Crippen LogP contribution >= 0.6 is 11.6 Å². The monoisotopic (exact) mass is 371 g/mol. The van der Waals surface area contributed by atoms with Gasteiger partial charge in [0.1, 0.15) is 0 Å². The van der Waals surface area contributed by atoms with Crippen LogP contribution in [0.5, 0.6) is 0 Å². The van der Waals surface area contributed by atoms with Crippen LogP contribution in [0.3, 0.4) is 0 Å². The molecule has 0 unspecified atom stereocenters. The van der Waals surface area contributed by atoms with E-state index in [0.29, 0.717) is 12.2 Å². The summed E-state index contributed by atoms with van der Waals surface area (Å²) in [6.45, 7) is 6.15. The van der Waals surface area contributed by atoms with Crippen LogP contribution in [0.4, 0.5) is 0 Å². The molecule has 0 aliphatic heterocycles. The van der Waals surface area contributed by atoms with Crippen LogP contribution in [0.2, 0.25) is 19.6 Å². The Balaban J connectivity index is 2.17. The molecular weight excluding hydrogens is 354 g/mol. The summed E-state index contributed by atoms with van der Waals surface area (Å²) in [6, 6.07) is 0. The van der Waals surface area contributed by atoms with Gasteiger partial charge in [0.15, 0.2) is 17.5 Å². The number of rotatable bonds is 4. The summed E-state index contributed by atoms with van der Waals surface area (Å²) < 4.78 is 16.3. The average molecular weight is 372 g/mol. The molecule has 24 heavy (non-hydrogen) atoms. The van der Waals surface area contributed by atoms with Crippen molar-refractivity contribution in [3.8, 4) is 0 Å². The molecule has 0 saturated heterocycles. The molecule has 0 amide bonds. The molecule has 1 heterocycles. The lowest BCUT2D eigenvalue weighted by Gasteiger charge is -2.40. The van der Waals surface area contributed by atoms with Crippen LogP contribution in [0, 0.1) is 16.0 Å². The number of methoxy groups -OCH3 is 1. The van der Waals surface area contributed by atoms with E-state index >= 15 is 0 Å². The van der Waals surface area contributed by atoms with E-state index in [2.05, 4.69) is 10.3 Å². The normalized spacial score (nSPS) is 29.2. The van der Waals surface area contributed by atoms with Crippen molar-refractivity contribution in [2.24, 2.45) is 5.92 Å². The molecule has 130 valence electrons. The molecule has 8 nitrogen and oxygen atoms in total. The minimum atomic E-state index is -1.86. The van der Waals surface area contributed by atoms with E-state index in [4.69, 9.17) is 25.4 Å². The Morgan fingerprint density at radius 1 is 1.42 bits per heavy atom. The number of aromatic nitrogens is 2. The first kappa shape index (κ1) is 17.1. The number of halogens is 1. The summed E-state index contributed by atoms with van der Waals surface area (Å²) in [5.41, 5.74) is -1.34. The standard InChI is InChI=1S/C14H18ClN3O5Si/c1-21-11-7-9(22-24(2,3)4)5-8-6-10(15)12-13(17-23-16-12)14(8,11)18(19)20/h6-8,11H,5H2,1-4H3/t8-,11+,14-/m0/s1. The topological polar surface area (TPSA) is 101 Å². The fourth-order valence-corrected chi connectivity index (χ4v) is 4.56. The maximum atomic E-state index is 12.1. The van der Waals surface area contributed by atoms with E-state index in [1.165, 1.54) is 7.11 Å². The lowest BCUT2D eigenvalue weighted by atomic mass is 9.68. The lowest BCUT2D eigenvalue weighted by Crippen LogP contribution is -2.56. The molecule has 1 aromatic heterocycles. The van der Waals surface area contributed by atoms with Crippen LogP contribution in [-0.2, 0) is 14.7 Å². The molecule has 0 fully saturated rings. The van der Waals surface area contributed by atoms with E-state index < -0.39 is 25.9 Å². The van der Waals surface area contributed by atoms with Crippen LogP contribution in [0.1, 0.15) is 17.8 Å². The lowest BCUT2D eigenvalue weighted by molar-refractivity contribution is -0.602. The number of hydrogen-bond donors (Lipinski definition) is 0. The second-order valence-corrected chi connectivity index (χ2v) is 11.7. The predicted molar refractivity (Wildman–Crippen MR) is 88.2 cm³/mol. The zero-order valence-electron chi connectivity index (χ0n) is 13.8. The van der Waals surface area contributed by atoms with Crippen LogP contribution in [-0.4, -0.2) is 36.8 Å². The molecule has 10 heteroatoms. The number of hydrogen-bond acceptors (Lipinski definition) is 7. The van der Waals surface area contributed by atoms with Crippen molar-refractivity contribution in [1.29, 1.82) is 0 Å². The van der Waals surface area contributed by atoms with Gasteiger partial charge in [-0.1, -0.05) is 17.7 Å². The minimum absolute atomic E-state index is 0.0974. The first-order valence-corrected chi connectivity index (χ1v) is 11.3. The van der Waals surface area contributed by atoms with E-state index in [1.807, 2.05) is 19.6 Å². The summed E-state index contributed by atoms with van der Waals surface area (Å²) in [5, 5.41) is 19.9. The fraction of sp³-hybridized carbons (Fsp3) is 0.571. The van der Waals surface area contributed by atoms with Gasteiger partial charge in [-0.25, -0.2) is 4.63 Å². The van der Waals surface area contributed by atoms with Gasteiger partial charge >= 0.3 is 5.54 Å². The van der Waals surface area contributed by atoms with Crippen molar-refractivity contribution in [1.82, 2.24) is 10.3 Å². The Morgan fingerprint density at radius 2 is 2.12 bits per heavy atom. The summed E-state index contributed by atoms with van der Waals surface area (Å²) in [5.74, 6) is 0.116. The summed E-state index contributed by atoms with van der Waals surface area (Å²) in [7, 11) is -0.440. The molecule has 3 atom stereocenters. The Kier molecular flexibility index (Phi) is 4.05. The molecule has 0 radical (unpaired) electrons. The van der Waals surface area contributed by atoms with E-state index in [0.717, 1.165) is 0 Å². The van der Waals surface area contributed by atoms with Crippen molar-refractivity contribution in [3.05, 3.63) is 39.4 Å². The molecule has 0 aromatic carbocycles. The molecule has 0 saturated carbocycles. The van der Waals surface area contributed by atoms with Crippen molar-refractivity contribution in [3.63, 3.8) is 0 Å². The molecule has 2 aliphatic rings. The van der Waals surface area contributed by atoms with Gasteiger partial charge in [-0.2, -0.15) is 0 Å². The second-order valence-electron chi connectivity index (χ2n) is 6.87. The quantitative estimate of drug-likeness (QED) is 0.455. The second kappa shape index (κ2) is 5.68. The first-order chi connectivity index (χ1) is 11.2. The summed E-state index contributed by atoms with van der Waals surface area (Å²) >= 11 is 6.23. The van der Waals surface area contributed by atoms with Crippen LogP contribution < -0.4 is 0 Å². The fourth-order valence-electron chi connectivity index (χ4n) is 3.35. The highest BCUT2D eigenvalue weighted by molar-refractivity contribution is 6.70. The molecular formula is C14H18ClN3O5Si. The maximum absolute atomic E-state index is 12.1. The number of allylic oxidation sites excluding steroid dienone is 1. The van der Waals surface area contributed by atoms with Gasteiger partial charge < -0.3 is 9.16 Å². The summed E-state index contributed by atoms with van der Waals surface area (Å²) in [6.07, 6.45) is 2.77.